The summed E-state index contributed by atoms with van der Waals surface area (Å²) in [4.78, 5) is 14.3. The van der Waals surface area contributed by atoms with Crippen LogP contribution in [0.15, 0.2) is 0 Å². The highest BCUT2D eigenvalue weighted by Gasteiger charge is 2.33. The third kappa shape index (κ3) is 4.46. The van der Waals surface area contributed by atoms with Crippen LogP contribution in [0.3, 0.4) is 0 Å². The normalized spacial score (nSPS) is 31.2. The molecule has 2 saturated heterocycles. The van der Waals surface area contributed by atoms with Crippen molar-refractivity contribution in [3.8, 4) is 0 Å². The molecule has 0 spiro atoms. The number of nitrogens with one attached hydrogen (secondary N) is 1. The third-order valence-corrected chi connectivity index (χ3v) is 4.09. The molecule has 2 aliphatic rings. The fourth-order valence-corrected chi connectivity index (χ4v) is 3.30. The second kappa shape index (κ2) is 6.23. The predicted octanol–water partition coefficient (Wildman–Crippen LogP) is 1.79. The maximum Gasteiger partial charge on any atom is 0.222 e. The fraction of sp³-hybridized carbons (Fsp3) is 0.933. The standard InChI is InChI=1S/C15H28N2O2/c1-12-10-17(11-15(2,3)19-12)14(18)7-6-13-5-4-8-16-9-13/h12-13,16H,4-11H2,1-3H3. The Morgan fingerprint density at radius 2 is 2.26 bits per heavy atom. The molecule has 2 unspecified atom stereocenters. The molecule has 1 amide bonds. The largest absolute Gasteiger partial charge is 0.369 e. The van der Waals surface area contributed by atoms with Crippen LogP contribution in [0.25, 0.3) is 0 Å². The lowest BCUT2D eigenvalue weighted by Gasteiger charge is -2.42. The van der Waals surface area contributed by atoms with Crippen LogP contribution in [-0.4, -0.2) is 48.7 Å². The third-order valence-electron chi connectivity index (χ3n) is 4.09. The SMILES string of the molecule is CC1CN(C(=O)CCC2CCCNC2)CC(C)(C)O1. The molecule has 4 nitrogen and oxygen atoms in total. The van der Waals surface area contributed by atoms with Gasteiger partial charge in [-0.25, -0.2) is 0 Å². The molecular weight excluding hydrogens is 240 g/mol. The summed E-state index contributed by atoms with van der Waals surface area (Å²) >= 11 is 0. The molecule has 110 valence electrons. The summed E-state index contributed by atoms with van der Waals surface area (Å²) in [7, 11) is 0. The van der Waals surface area contributed by atoms with Gasteiger partial charge < -0.3 is 15.0 Å². The average molecular weight is 268 g/mol. The van der Waals surface area contributed by atoms with E-state index < -0.39 is 0 Å². The molecule has 1 N–H and O–H groups in total. The van der Waals surface area contributed by atoms with Gasteiger partial charge in [-0.05, 0) is 59.0 Å². The van der Waals surface area contributed by atoms with Crippen molar-refractivity contribution in [2.75, 3.05) is 26.2 Å². The molecule has 2 heterocycles. The summed E-state index contributed by atoms with van der Waals surface area (Å²) < 4.78 is 5.84. The van der Waals surface area contributed by atoms with Crippen LogP contribution < -0.4 is 5.32 Å². The van der Waals surface area contributed by atoms with Gasteiger partial charge in [0.2, 0.25) is 5.91 Å². The first-order chi connectivity index (χ1) is 8.96. The summed E-state index contributed by atoms with van der Waals surface area (Å²) in [5, 5.41) is 3.41. The summed E-state index contributed by atoms with van der Waals surface area (Å²) in [6.45, 7) is 9.86. The van der Waals surface area contributed by atoms with Gasteiger partial charge in [0.15, 0.2) is 0 Å². The van der Waals surface area contributed by atoms with Crippen LogP contribution in [-0.2, 0) is 9.53 Å². The molecule has 0 bridgehead atoms. The lowest BCUT2D eigenvalue weighted by Crippen LogP contribution is -2.53. The highest BCUT2D eigenvalue weighted by atomic mass is 16.5. The Kier molecular flexibility index (Phi) is 4.85. The number of ether oxygens (including phenoxy) is 1. The van der Waals surface area contributed by atoms with Crippen molar-refractivity contribution < 1.29 is 9.53 Å². The Morgan fingerprint density at radius 1 is 1.47 bits per heavy atom. The zero-order valence-corrected chi connectivity index (χ0v) is 12.6. The molecule has 4 heteroatoms. The van der Waals surface area contributed by atoms with E-state index in [2.05, 4.69) is 19.2 Å². The maximum absolute atomic E-state index is 12.3. The van der Waals surface area contributed by atoms with Gasteiger partial charge in [0.25, 0.3) is 0 Å². The van der Waals surface area contributed by atoms with Crippen molar-refractivity contribution in [1.29, 1.82) is 0 Å². The van der Waals surface area contributed by atoms with Crippen molar-refractivity contribution in [2.45, 2.75) is 58.2 Å². The van der Waals surface area contributed by atoms with E-state index in [1.807, 2.05) is 11.8 Å². The van der Waals surface area contributed by atoms with Crippen molar-refractivity contribution in [2.24, 2.45) is 5.92 Å². The molecule has 2 rings (SSSR count). The highest BCUT2D eigenvalue weighted by Crippen LogP contribution is 2.23. The Bertz CT molecular complexity index is 311. The van der Waals surface area contributed by atoms with Gasteiger partial charge in [0.05, 0.1) is 11.7 Å². The van der Waals surface area contributed by atoms with Gasteiger partial charge in [-0.15, -0.1) is 0 Å². The van der Waals surface area contributed by atoms with Gasteiger partial charge in [0.1, 0.15) is 0 Å². The van der Waals surface area contributed by atoms with Crippen LogP contribution in [0.1, 0.15) is 46.5 Å². The number of carbonyl (C=O) groups excluding carboxylic acids is 1. The molecule has 0 radical (unpaired) electrons. The Labute approximate surface area is 116 Å². The Hall–Kier alpha value is -0.610. The van der Waals surface area contributed by atoms with E-state index >= 15 is 0 Å². The smallest absolute Gasteiger partial charge is 0.222 e. The minimum Gasteiger partial charge on any atom is -0.369 e. The quantitative estimate of drug-likeness (QED) is 0.848. The number of hydrogen-bond acceptors (Lipinski definition) is 3. The van der Waals surface area contributed by atoms with Gasteiger partial charge in [-0.3, -0.25) is 4.79 Å². The first kappa shape index (κ1) is 14.8. The summed E-state index contributed by atoms with van der Waals surface area (Å²) in [6.07, 6.45) is 4.38. The number of rotatable bonds is 3. The molecule has 2 fully saturated rings. The maximum atomic E-state index is 12.3. The molecule has 0 aromatic rings. The number of morpholine rings is 1. The van der Waals surface area contributed by atoms with Crippen LogP contribution in [0.4, 0.5) is 0 Å². The second-order valence-corrected chi connectivity index (χ2v) is 6.71. The van der Waals surface area contributed by atoms with Crippen molar-refractivity contribution in [1.82, 2.24) is 10.2 Å². The molecule has 2 aliphatic heterocycles. The monoisotopic (exact) mass is 268 g/mol. The molecule has 0 aromatic carbocycles. The van der Waals surface area contributed by atoms with Crippen LogP contribution >= 0.6 is 0 Å². The minimum absolute atomic E-state index is 0.143. The number of carbonyl (C=O) groups is 1. The number of amides is 1. The van der Waals surface area contributed by atoms with Gasteiger partial charge in [-0.2, -0.15) is 0 Å². The molecule has 0 aromatic heterocycles. The zero-order chi connectivity index (χ0) is 13.9. The van der Waals surface area contributed by atoms with E-state index in [4.69, 9.17) is 4.74 Å². The topological polar surface area (TPSA) is 41.6 Å². The molecule has 0 saturated carbocycles. The van der Waals surface area contributed by atoms with Crippen molar-refractivity contribution in [3.05, 3.63) is 0 Å². The zero-order valence-electron chi connectivity index (χ0n) is 12.6. The average Bonchev–Trinajstić information content (AvgIpc) is 2.34. The number of nitrogens with zero attached hydrogens (tertiary/aromatic N) is 1. The van der Waals surface area contributed by atoms with Gasteiger partial charge in [-0.1, -0.05) is 0 Å². The first-order valence-corrected chi connectivity index (χ1v) is 7.62. The van der Waals surface area contributed by atoms with E-state index in [-0.39, 0.29) is 11.7 Å². The Balaban J connectivity index is 1.78. The van der Waals surface area contributed by atoms with E-state index in [9.17, 15) is 4.79 Å². The van der Waals surface area contributed by atoms with Gasteiger partial charge in [0, 0.05) is 19.5 Å². The van der Waals surface area contributed by atoms with Crippen LogP contribution in [0.2, 0.25) is 0 Å². The Morgan fingerprint density at radius 3 is 2.89 bits per heavy atom. The molecule has 19 heavy (non-hydrogen) atoms. The first-order valence-electron chi connectivity index (χ1n) is 7.62. The highest BCUT2D eigenvalue weighted by molar-refractivity contribution is 5.76. The van der Waals surface area contributed by atoms with Crippen LogP contribution in [0.5, 0.6) is 0 Å². The van der Waals surface area contributed by atoms with Gasteiger partial charge >= 0.3 is 0 Å². The second-order valence-electron chi connectivity index (χ2n) is 6.71. The molecule has 0 aliphatic carbocycles. The van der Waals surface area contributed by atoms with E-state index in [0.717, 1.165) is 32.6 Å². The molecular formula is C15H28N2O2. The van der Waals surface area contributed by atoms with E-state index in [0.29, 0.717) is 18.2 Å². The number of hydrogen-bond donors (Lipinski definition) is 1. The van der Waals surface area contributed by atoms with E-state index in [1.54, 1.807) is 0 Å². The number of piperidine rings is 1. The summed E-state index contributed by atoms with van der Waals surface area (Å²) in [6, 6.07) is 0. The minimum atomic E-state index is -0.209. The van der Waals surface area contributed by atoms with E-state index in [1.165, 1.54) is 12.8 Å². The predicted molar refractivity (Wildman–Crippen MR) is 76.0 cm³/mol. The summed E-state index contributed by atoms with van der Waals surface area (Å²) in [5.74, 6) is 0.984. The van der Waals surface area contributed by atoms with Crippen molar-refractivity contribution in [3.63, 3.8) is 0 Å². The molecule has 2 atom stereocenters. The van der Waals surface area contributed by atoms with Crippen LogP contribution in [0, 0.1) is 5.92 Å². The van der Waals surface area contributed by atoms with Crippen molar-refractivity contribution >= 4 is 5.91 Å². The lowest BCUT2D eigenvalue weighted by atomic mass is 9.94. The summed E-state index contributed by atoms with van der Waals surface area (Å²) in [5.41, 5.74) is -0.209. The fourth-order valence-electron chi connectivity index (χ4n) is 3.30. The lowest BCUT2D eigenvalue weighted by molar-refractivity contribution is -0.158.